The molecule has 1 fully saturated rings. The molecule has 1 aromatic carbocycles. The Morgan fingerprint density at radius 2 is 1.95 bits per heavy atom. The van der Waals surface area contributed by atoms with Crippen molar-refractivity contribution in [3.8, 4) is 0 Å². The van der Waals surface area contributed by atoms with E-state index >= 15 is 0 Å². The lowest BCUT2D eigenvalue weighted by Gasteiger charge is -2.35. The molecule has 0 radical (unpaired) electrons. The molecule has 2 aromatic rings. The van der Waals surface area contributed by atoms with Gasteiger partial charge in [-0.1, -0.05) is 0 Å². The normalized spacial score (nSPS) is 15.2. The number of aromatic nitrogens is 1. The molecule has 1 aliphatic heterocycles. The van der Waals surface area contributed by atoms with Gasteiger partial charge in [-0.3, -0.25) is 10.1 Å². The van der Waals surface area contributed by atoms with Gasteiger partial charge in [0, 0.05) is 43.7 Å². The molecule has 8 heteroatoms. The highest BCUT2D eigenvalue weighted by Crippen LogP contribution is 2.30. The number of rotatable bonds is 3. The topological polar surface area (TPSA) is 62.5 Å². The van der Waals surface area contributed by atoms with Crippen molar-refractivity contribution in [2.24, 2.45) is 0 Å². The maximum Gasteiger partial charge on any atom is 0.292 e. The number of thiazole rings is 1. The predicted octanol–water partition coefficient (Wildman–Crippen LogP) is 2.83. The number of anilines is 2. The number of nitro groups is 1. The molecular formula is C14H15FN4O2S. The third-order valence-electron chi connectivity index (χ3n) is 3.63. The van der Waals surface area contributed by atoms with E-state index in [2.05, 4.69) is 9.88 Å². The Hall–Kier alpha value is -2.22. The van der Waals surface area contributed by atoms with Gasteiger partial charge in [-0.05, 0) is 13.0 Å². The van der Waals surface area contributed by atoms with Crippen LogP contribution in [-0.2, 0) is 0 Å². The lowest BCUT2D eigenvalue weighted by Crippen LogP contribution is -2.46. The fourth-order valence-corrected chi connectivity index (χ4v) is 3.39. The summed E-state index contributed by atoms with van der Waals surface area (Å²) in [4.78, 5) is 19.1. The van der Waals surface area contributed by atoms with Crippen molar-refractivity contribution in [3.05, 3.63) is 45.2 Å². The van der Waals surface area contributed by atoms with E-state index in [0.29, 0.717) is 31.9 Å². The average molecular weight is 322 g/mol. The van der Waals surface area contributed by atoms with E-state index in [4.69, 9.17) is 0 Å². The summed E-state index contributed by atoms with van der Waals surface area (Å²) in [6.45, 7) is 4.57. The van der Waals surface area contributed by atoms with E-state index < -0.39 is 10.7 Å². The number of aryl methyl sites for hydroxylation is 1. The third kappa shape index (κ3) is 2.87. The van der Waals surface area contributed by atoms with Gasteiger partial charge in [0.05, 0.1) is 10.6 Å². The van der Waals surface area contributed by atoms with Gasteiger partial charge in [-0.2, -0.15) is 0 Å². The smallest absolute Gasteiger partial charge is 0.292 e. The molecule has 3 rings (SSSR count). The molecule has 0 spiro atoms. The number of nitrogens with zero attached hydrogens (tertiary/aromatic N) is 4. The average Bonchev–Trinajstić information content (AvgIpc) is 2.93. The maximum absolute atomic E-state index is 13.4. The molecule has 0 amide bonds. The van der Waals surface area contributed by atoms with Crippen LogP contribution in [0.15, 0.2) is 23.6 Å². The summed E-state index contributed by atoms with van der Waals surface area (Å²) < 4.78 is 13.4. The van der Waals surface area contributed by atoms with Crippen molar-refractivity contribution in [3.63, 3.8) is 0 Å². The summed E-state index contributed by atoms with van der Waals surface area (Å²) in [5, 5.41) is 14.1. The number of hydrogen-bond donors (Lipinski definition) is 0. The molecule has 22 heavy (non-hydrogen) atoms. The van der Waals surface area contributed by atoms with Crippen LogP contribution in [0.25, 0.3) is 0 Å². The highest BCUT2D eigenvalue weighted by Gasteiger charge is 2.25. The molecule has 0 unspecified atom stereocenters. The largest absolute Gasteiger partial charge is 0.362 e. The van der Waals surface area contributed by atoms with Crippen molar-refractivity contribution < 1.29 is 9.31 Å². The van der Waals surface area contributed by atoms with Crippen molar-refractivity contribution >= 4 is 27.8 Å². The molecule has 0 bridgehead atoms. The monoisotopic (exact) mass is 322 g/mol. The standard InChI is InChI=1S/C14H15FN4O2S/c1-10-9-22-14(16-10)18-6-4-17(5-7-18)13-8-11(15)2-3-12(13)19(20)21/h2-3,8-9H,4-7H2,1H3. The van der Waals surface area contributed by atoms with E-state index in [0.717, 1.165) is 16.9 Å². The molecule has 0 N–H and O–H groups in total. The van der Waals surface area contributed by atoms with Gasteiger partial charge in [-0.25, -0.2) is 9.37 Å². The fraction of sp³-hybridized carbons (Fsp3) is 0.357. The number of hydrogen-bond acceptors (Lipinski definition) is 6. The SMILES string of the molecule is Cc1csc(N2CCN(c3cc(F)ccc3[N+](=O)[O-])CC2)n1. The van der Waals surface area contributed by atoms with Crippen molar-refractivity contribution in [2.45, 2.75) is 6.92 Å². The Morgan fingerprint density at radius 1 is 1.27 bits per heavy atom. The van der Waals surface area contributed by atoms with Gasteiger partial charge in [0.1, 0.15) is 11.5 Å². The molecule has 1 saturated heterocycles. The second-order valence-electron chi connectivity index (χ2n) is 5.14. The van der Waals surface area contributed by atoms with Crippen LogP contribution >= 0.6 is 11.3 Å². The van der Waals surface area contributed by atoms with E-state index in [9.17, 15) is 14.5 Å². The molecule has 6 nitrogen and oxygen atoms in total. The Labute approximate surface area is 131 Å². The maximum atomic E-state index is 13.4. The van der Waals surface area contributed by atoms with Crippen molar-refractivity contribution in [2.75, 3.05) is 36.0 Å². The van der Waals surface area contributed by atoms with Crippen LogP contribution < -0.4 is 9.80 Å². The fourth-order valence-electron chi connectivity index (χ4n) is 2.53. The van der Waals surface area contributed by atoms with Gasteiger partial charge < -0.3 is 9.80 Å². The highest BCUT2D eigenvalue weighted by molar-refractivity contribution is 7.13. The number of halogens is 1. The second kappa shape index (κ2) is 5.88. The third-order valence-corrected chi connectivity index (χ3v) is 4.65. The van der Waals surface area contributed by atoms with Gasteiger partial charge in [0.2, 0.25) is 0 Å². The van der Waals surface area contributed by atoms with Gasteiger partial charge in [-0.15, -0.1) is 11.3 Å². The molecule has 116 valence electrons. The van der Waals surface area contributed by atoms with Crippen molar-refractivity contribution in [1.29, 1.82) is 0 Å². The summed E-state index contributed by atoms with van der Waals surface area (Å²) in [5.41, 5.74) is 1.28. The Morgan fingerprint density at radius 3 is 2.55 bits per heavy atom. The number of piperazine rings is 1. The van der Waals surface area contributed by atoms with E-state index in [1.807, 2.05) is 17.2 Å². The molecule has 1 aliphatic rings. The van der Waals surface area contributed by atoms with E-state index in [-0.39, 0.29) is 5.69 Å². The van der Waals surface area contributed by atoms with Gasteiger partial charge in [0.25, 0.3) is 5.69 Å². The Balaban J connectivity index is 1.76. The van der Waals surface area contributed by atoms with Crippen LogP contribution in [-0.4, -0.2) is 36.1 Å². The minimum absolute atomic E-state index is 0.0556. The summed E-state index contributed by atoms with van der Waals surface area (Å²) in [7, 11) is 0. The predicted molar refractivity (Wildman–Crippen MR) is 84.3 cm³/mol. The summed E-state index contributed by atoms with van der Waals surface area (Å²) >= 11 is 1.59. The van der Waals surface area contributed by atoms with Crippen LogP contribution in [0.2, 0.25) is 0 Å². The van der Waals surface area contributed by atoms with Crippen LogP contribution in [0, 0.1) is 22.9 Å². The van der Waals surface area contributed by atoms with Crippen molar-refractivity contribution in [1.82, 2.24) is 4.98 Å². The molecule has 1 aromatic heterocycles. The molecule has 0 saturated carbocycles. The number of nitro benzene ring substituents is 1. The summed E-state index contributed by atoms with van der Waals surface area (Å²) in [6, 6.07) is 3.58. The molecule has 2 heterocycles. The van der Waals surface area contributed by atoms with Crippen LogP contribution in [0.3, 0.4) is 0 Å². The molecule has 0 aliphatic carbocycles. The van der Waals surface area contributed by atoms with E-state index in [1.54, 1.807) is 11.3 Å². The van der Waals surface area contributed by atoms with Crippen LogP contribution in [0.4, 0.5) is 20.9 Å². The quantitative estimate of drug-likeness (QED) is 0.642. The zero-order chi connectivity index (χ0) is 15.7. The second-order valence-corrected chi connectivity index (χ2v) is 5.97. The minimum Gasteiger partial charge on any atom is -0.362 e. The lowest BCUT2D eigenvalue weighted by atomic mass is 10.2. The zero-order valence-corrected chi connectivity index (χ0v) is 12.8. The Kier molecular flexibility index (Phi) is 3.93. The highest BCUT2D eigenvalue weighted by atomic mass is 32.1. The Bertz CT molecular complexity index is 698. The van der Waals surface area contributed by atoms with Crippen LogP contribution in [0.1, 0.15) is 5.69 Å². The lowest BCUT2D eigenvalue weighted by molar-refractivity contribution is -0.384. The first kappa shape index (κ1) is 14.7. The van der Waals surface area contributed by atoms with Gasteiger partial charge >= 0.3 is 0 Å². The van der Waals surface area contributed by atoms with Gasteiger partial charge in [0.15, 0.2) is 5.13 Å². The molecule has 0 atom stereocenters. The first-order valence-corrected chi connectivity index (χ1v) is 7.78. The number of benzene rings is 1. The first-order chi connectivity index (χ1) is 10.5. The molecular weight excluding hydrogens is 307 g/mol. The zero-order valence-electron chi connectivity index (χ0n) is 12.0. The van der Waals surface area contributed by atoms with Crippen LogP contribution in [0.5, 0.6) is 0 Å². The minimum atomic E-state index is -0.467. The first-order valence-electron chi connectivity index (χ1n) is 6.90. The summed E-state index contributed by atoms with van der Waals surface area (Å²) in [5.74, 6) is -0.460. The van der Waals surface area contributed by atoms with E-state index in [1.165, 1.54) is 12.1 Å². The summed E-state index contributed by atoms with van der Waals surface area (Å²) in [6.07, 6.45) is 0.